The minimum atomic E-state index is -0.338. The molecule has 0 spiro atoms. The second-order valence-electron chi connectivity index (χ2n) is 3.58. The van der Waals surface area contributed by atoms with Crippen molar-refractivity contribution in [3.05, 3.63) is 0 Å². The molecule has 0 aromatic heterocycles. The van der Waals surface area contributed by atoms with Gasteiger partial charge in [-0.1, -0.05) is 0 Å². The maximum atomic E-state index is 12.1. The molecule has 0 radical (unpaired) electrons. The molecule has 1 rings (SSSR count). The Kier molecular flexibility index (Phi) is 4.87. The molecule has 1 saturated heterocycles. The van der Waals surface area contributed by atoms with Crippen LogP contribution in [0.2, 0.25) is 0 Å². The Balaban J connectivity index is 2.35. The molecule has 0 amide bonds. The summed E-state index contributed by atoms with van der Waals surface area (Å²) in [6.45, 7) is 3.90. The number of likely N-dealkylation sites (tertiary alicyclic amines) is 1. The number of ether oxygens (including phenoxy) is 1. The number of halogens is 1. The van der Waals surface area contributed by atoms with Crippen LogP contribution in [-0.4, -0.2) is 43.8 Å². The van der Waals surface area contributed by atoms with Crippen LogP contribution in [0.3, 0.4) is 0 Å². The summed E-state index contributed by atoms with van der Waals surface area (Å²) in [6.07, 6.45) is 1.84. The molecule has 1 aliphatic rings. The van der Waals surface area contributed by atoms with Crippen molar-refractivity contribution in [1.29, 1.82) is 0 Å². The first-order valence-corrected chi connectivity index (χ1v) is 5.23. The molecule has 4 heteroatoms. The monoisotopic (exact) mass is 203 g/mol. The van der Waals surface area contributed by atoms with Crippen LogP contribution < -0.4 is 0 Å². The van der Waals surface area contributed by atoms with Crippen LogP contribution in [0.5, 0.6) is 0 Å². The van der Waals surface area contributed by atoms with Gasteiger partial charge in [0, 0.05) is 13.1 Å². The van der Waals surface area contributed by atoms with E-state index in [9.17, 15) is 9.18 Å². The van der Waals surface area contributed by atoms with E-state index in [1.807, 2.05) is 4.90 Å². The zero-order valence-corrected chi connectivity index (χ0v) is 8.67. The molecule has 0 unspecified atom stereocenters. The van der Waals surface area contributed by atoms with Crippen LogP contribution in [0.15, 0.2) is 0 Å². The van der Waals surface area contributed by atoms with Gasteiger partial charge in [0.2, 0.25) is 0 Å². The first-order chi connectivity index (χ1) is 6.77. The molecule has 0 aromatic rings. The third-order valence-corrected chi connectivity index (χ3v) is 2.53. The Morgan fingerprint density at radius 2 is 2.43 bits per heavy atom. The number of hydrogen-bond acceptors (Lipinski definition) is 3. The number of alkyl halides is 1. The molecule has 14 heavy (non-hydrogen) atoms. The Morgan fingerprint density at radius 3 is 3.07 bits per heavy atom. The van der Waals surface area contributed by atoms with Gasteiger partial charge < -0.3 is 4.74 Å². The zero-order chi connectivity index (χ0) is 10.4. The van der Waals surface area contributed by atoms with Gasteiger partial charge in [-0.05, 0) is 26.3 Å². The van der Waals surface area contributed by atoms with Gasteiger partial charge in [0.25, 0.3) is 0 Å². The number of piperidine rings is 1. The van der Waals surface area contributed by atoms with Gasteiger partial charge in [0.1, 0.15) is 6.67 Å². The number of nitrogens with zero attached hydrogens (tertiary/aromatic N) is 1. The molecule has 0 N–H and O–H groups in total. The van der Waals surface area contributed by atoms with Crippen molar-refractivity contribution in [3.8, 4) is 0 Å². The standard InChI is InChI=1S/C10H18FNO2/c1-2-14-10(13)9-4-3-6-12(8-9)7-5-11/h9H,2-8H2,1H3/t9-/m0/s1. The van der Waals surface area contributed by atoms with E-state index in [0.717, 1.165) is 19.4 Å². The van der Waals surface area contributed by atoms with Crippen LogP contribution in [-0.2, 0) is 9.53 Å². The molecule has 3 nitrogen and oxygen atoms in total. The Bertz CT molecular complexity index is 185. The first-order valence-electron chi connectivity index (χ1n) is 5.23. The highest BCUT2D eigenvalue weighted by Gasteiger charge is 2.26. The highest BCUT2D eigenvalue weighted by atomic mass is 19.1. The molecule has 0 bridgehead atoms. The molecule has 0 aromatic carbocycles. The third-order valence-electron chi connectivity index (χ3n) is 2.53. The van der Waals surface area contributed by atoms with Gasteiger partial charge in [-0.2, -0.15) is 0 Å². The molecular weight excluding hydrogens is 185 g/mol. The number of carbonyl (C=O) groups excluding carboxylic acids is 1. The quantitative estimate of drug-likeness (QED) is 0.644. The Morgan fingerprint density at radius 1 is 1.64 bits per heavy atom. The van der Waals surface area contributed by atoms with E-state index in [1.54, 1.807) is 6.92 Å². The van der Waals surface area contributed by atoms with Crippen molar-refractivity contribution < 1.29 is 13.9 Å². The van der Waals surface area contributed by atoms with Crippen LogP contribution in [0.25, 0.3) is 0 Å². The van der Waals surface area contributed by atoms with E-state index in [-0.39, 0.29) is 18.6 Å². The maximum absolute atomic E-state index is 12.1. The smallest absolute Gasteiger partial charge is 0.310 e. The number of carbonyl (C=O) groups is 1. The molecular formula is C10H18FNO2. The SMILES string of the molecule is CCOC(=O)[C@H]1CCCN(CCF)C1. The Hall–Kier alpha value is -0.640. The third kappa shape index (κ3) is 3.25. The van der Waals surface area contributed by atoms with Crippen molar-refractivity contribution in [2.75, 3.05) is 32.9 Å². The summed E-state index contributed by atoms with van der Waals surface area (Å²) in [7, 11) is 0. The lowest BCUT2D eigenvalue weighted by atomic mass is 9.98. The second-order valence-corrected chi connectivity index (χ2v) is 3.58. The van der Waals surface area contributed by atoms with E-state index in [4.69, 9.17) is 4.74 Å². The average molecular weight is 203 g/mol. The lowest BCUT2D eigenvalue weighted by molar-refractivity contribution is -0.149. The number of hydrogen-bond donors (Lipinski definition) is 0. The van der Waals surface area contributed by atoms with Crippen molar-refractivity contribution >= 4 is 5.97 Å². The van der Waals surface area contributed by atoms with Crippen LogP contribution in [0, 0.1) is 5.92 Å². The van der Waals surface area contributed by atoms with Crippen molar-refractivity contribution in [1.82, 2.24) is 4.90 Å². The summed E-state index contributed by atoms with van der Waals surface area (Å²) in [5, 5.41) is 0. The molecule has 1 heterocycles. The predicted molar refractivity (Wildman–Crippen MR) is 51.8 cm³/mol. The minimum absolute atomic E-state index is 0.0461. The lowest BCUT2D eigenvalue weighted by Crippen LogP contribution is -2.40. The summed E-state index contributed by atoms with van der Waals surface area (Å²) in [5.41, 5.74) is 0. The fraction of sp³-hybridized carbons (Fsp3) is 0.900. The molecule has 1 aliphatic heterocycles. The van der Waals surface area contributed by atoms with Gasteiger partial charge in [0.15, 0.2) is 0 Å². The summed E-state index contributed by atoms with van der Waals surface area (Å²) in [5.74, 6) is -0.175. The predicted octanol–water partition coefficient (Wildman–Crippen LogP) is 1.23. The van der Waals surface area contributed by atoms with E-state index in [1.165, 1.54) is 0 Å². The average Bonchev–Trinajstić information content (AvgIpc) is 2.19. The van der Waals surface area contributed by atoms with E-state index in [0.29, 0.717) is 19.7 Å². The zero-order valence-electron chi connectivity index (χ0n) is 8.67. The lowest BCUT2D eigenvalue weighted by Gasteiger charge is -2.30. The first kappa shape index (κ1) is 11.4. The van der Waals surface area contributed by atoms with Gasteiger partial charge in [-0.15, -0.1) is 0 Å². The van der Waals surface area contributed by atoms with E-state index >= 15 is 0 Å². The fourth-order valence-corrected chi connectivity index (χ4v) is 1.83. The minimum Gasteiger partial charge on any atom is -0.466 e. The second kappa shape index (κ2) is 5.96. The summed E-state index contributed by atoms with van der Waals surface area (Å²) in [4.78, 5) is 13.4. The van der Waals surface area contributed by atoms with Crippen LogP contribution >= 0.6 is 0 Å². The topological polar surface area (TPSA) is 29.5 Å². The van der Waals surface area contributed by atoms with Crippen molar-refractivity contribution in [3.63, 3.8) is 0 Å². The largest absolute Gasteiger partial charge is 0.466 e. The Labute approximate surface area is 84.2 Å². The molecule has 82 valence electrons. The molecule has 0 aliphatic carbocycles. The highest BCUT2D eigenvalue weighted by molar-refractivity contribution is 5.72. The van der Waals surface area contributed by atoms with Crippen molar-refractivity contribution in [2.45, 2.75) is 19.8 Å². The molecule has 1 atom stereocenters. The van der Waals surface area contributed by atoms with Gasteiger partial charge in [0.05, 0.1) is 12.5 Å². The van der Waals surface area contributed by atoms with Crippen molar-refractivity contribution in [2.24, 2.45) is 5.92 Å². The van der Waals surface area contributed by atoms with Gasteiger partial charge in [-0.3, -0.25) is 9.69 Å². The van der Waals surface area contributed by atoms with E-state index < -0.39 is 0 Å². The number of esters is 1. The normalized spacial score (nSPS) is 23.4. The number of rotatable bonds is 4. The summed E-state index contributed by atoms with van der Waals surface area (Å²) >= 11 is 0. The highest BCUT2D eigenvalue weighted by Crippen LogP contribution is 2.17. The van der Waals surface area contributed by atoms with Crippen LogP contribution in [0.1, 0.15) is 19.8 Å². The van der Waals surface area contributed by atoms with Crippen LogP contribution in [0.4, 0.5) is 4.39 Å². The summed E-state index contributed by atoms with van der Waals surface area (Å²) < 4.78 is 17.0. The van der Waals surface area contributed by atoms with E-state index in [2.05, 4.69) is 0 Å². The maximum Gasteiger partial charge on any atom is 0.310 e. The summed E-state index contributed by atoms with van der Waals surface area (Å²) in [6, 6.07) is 0. The van der Waals surface area contributed by atoms with Gasteiger partial charge in [-0.25, -0.2) is 4.39 Å². The fourth-order valence-electron chi connectivity index (χ4n) is 1.83. The molecule has 0 saturated carbocycles. The molecule has 1 fully saturated rings. The van der Waals surface area contributed by atoms with Gasteiger partial charge >= 0.3 is 5.97 Å².